The van der Waals surface area contributed by atoms with E-state index in [1.165, 1.54) is 18.2 Å². The predicted molar refractivity (Wildman–Crippen MR) is 95.1 cm³/mol. The second kappa shape index (κ2) is 6.66. The van der Waals surface area contributed by atoms with E-state index < -0.39 is 0 Å². The number of rotatable bonds is 3. The fraction of sp³-hybridized carbons (Fsp3) is 0.176. The molecule has 0 spiro atoms. The minimum Gasteiger partial charge on any atom is -0.322 e. The summed E-state index contributed by atoms with van der Waals surface area (Å²) in [6.45, 7) is 0.700. The lowest BCUT2D eigenvalue weighted by atomic mass is 10.2. The molecule has 3 rings (SSSR count). The van der Waals surface area contributed by atoms with Gasteiger partial charge >= 0.3 is 0 Å². The average molecular weight is 424 g/mol. The Labute approximate surface area is 146 Å². The molecule has 2 aromatic rings. The van der Waals surface area contributed by atoms with E-state index in [9.17, 15) is 14.0 Å². The van der Waals surface area contributed by atoms with Crippen LogP contribution in [0, 0.1) is 9.39 Å². The van der Waals surface area contributed by atoms with Gasteiger partial charge in [-0.2, -0.15) is 0 Å². The van der Waals surface area contributed by atoms with Crippen molar-refractivity contribution >= 4 is 45.8 Å². The topological polar surface area (TPSA) is 49.4 Å². The molecule has 2 aromatic carbocycles. The van der Waals surface area contributed by atoms with Gasteiger partial charge in [0.2, 0.25) is 5.91 Å². The SMILES string of the molecule is O=C(Nc1cccc(N2CCCC2=O)c1)c1ccc(F)cc1I. The third-order valence-corrected chi connectivity index (χ3v) is 4.56. The molecule has 1 fully saturated rings. The molecule has 6 heteroatoms. The molecule has 0 radical (unpaired) electrons. The van der Waals surface area contributed by atoms with Gasteiger partial charge in [-0.25, -0.2) is 4.39 Å². The number of amides is 2. The van der Waals surface area contributed by atoms with Crippen molar-refractivity contribution in [3.63, 3.8) is 0 Å². The van der Waals surface area contributed by atoms with Gasteiger partial charge in [-0.3, -0.25) is 9.59 Å². The van der Waals surface area contributed by atoms with E-state index in [0.29, 0.717) is 27.8 Å². The molecular weight excluding hydrogens is 410 g/mol. The third-order valence-electron chi connectivity index (χ3n) is 3.66. The number of benzene rings is 2. The van der Waals surface area contributed by atoms with Crippen LogP contribution < -0.4 is 10.2 Å². The van der Waals surface area contributed by atoms with Gasteiger partial charge in [0.1, 0.15) is 5.82 Å². The number of halogens is 2. The minimum atomic E-state index is -0.375. The number of nitrogens with zero attached hydrogens (tertiary/aromatic N) is 1. The molecule has 2 amide bonds. The van der Waals surface area contributed by atoms with Crippen LogP contribution in [0.4, 0.5) is 15.8 Å². The average Bonchev–Trinajstić information content (AvgIpc) is 2.93. The van der Waals surface area contributed by atoms with Crippen LogP contribution in [-0.4, -0.2) is 18.4 Å². The first-order chi connectivity index (χ1) is 11.0. The Balaban J connectivity index is 1.80. The summed E-state index contributed by atoms with van der Waals surface area (Å²) in [4.78, 5) is 25.9. The monoisotopic (exact) mass is 424 g/mol. The maximum absolute atomic E-state index is 13.1. The molecule has 4 nitrogen and oxygen atoms in total. The van der Waals surface area contributed by atoms with Crippen molar-refractivity contribution in [1.82, 2.24) is 0 Å². The molecular formula is C17H14FIN2O2. The van der Waals surface area contributed by atoms with Crippen LogP contribution in [0.25, 0.3) is 0 Å². The van der Waals surface area contributed by atoms with E-state index >= 15 is 0 Å². The summed E-state index contributed by atoms with van der Waals surface area (Å²) in [6, 6.07) is 11.2. The van der Waals surface area contributed by atoms with Crippen molar-refractivity contribution in [2.45, 2.75) is 12.8 Å². The highest BCUT2D eigenvalue weighted by Gasteiger charge is 2.22. The van der Waals surface area contributed by atoms with E-state index in [0.717, 1.165) is 12.1 Å². The summed E-state index contributed by atoms with van der Waals surface area (Å²) in [5, 5.41) is 2.79. The largest absolute Gasteiger partial charge is 0.322 e. The standard InChI is InChI=1S/C17H14FIN2O2/c18-11-6-7-14(15(19)9-11)17(23)20-12-3-1-4-13(10-12)21-8-2-5-16(21)22/h1,3-4,6-7,9-10H,2,5,8H2,(H,20,23). The number of carbonyl (C=O) groups is 2. The van der Waals surface area contributed by atoms with Gasteiger partial charge in [0.25, 0.3) is 5.91 Å². The molecule has 0 atom stereocenters. The molecule has 0 aliphatic carbocycles. The van der Waals surface area contributed by atoms with Crippen LogP contribution in [0.1, 0.15) is 23.2 Å². The molecule has 23 heavy (non-hydrogen) atoms. The molecule has 1 saturated heterocycles. The van der Waals surface area contributed by atoms with Crippen LogP contribution in [0.5, 0.6) is 0 Å². The summed E-state index contributed by atoms with van der Waals surface area (Å²) >= 11 is 1.93. The normalized spacial score (nSPS) is 14.2. The Hall–Kier alpha value is -1.96. The molecule has 0 aromatic heterocycles. The van der Waals surface area contributed by atoms with Crippen LogP contribution in [0.3, 0.4) is 0 Å². The lowest BCUT2D eigenvalue weighted by Gasteiger charge is -2.17. The predicted octanol–water partition coefficient (Wildman–Crippen LogP) is 3.81. The van der Waals surface area contributed by atoms with E-state index in [1.54, 1.807) is 23.1 Å². The minimum absolute atomic E-state index is 0.0987. The highest BCUT2D eigenvalue weighted by molar-refractivity contribution is 14.1. The zero-order valence-corrected chi connectivity index (χ0v) is 14.3. The third kappa shape index (κ3) is 3.52. The maximum Gasteiger partial charge on any atom is 0.256 e. The van der Waals surface area contributed by atoms with Crippen LogP contribution in [0.15, 0.2) is 42.5 Å². The number of anilines is 2. The first kappa shape index (κ1) is 15.9. The molecule has 0 bridgehead atoms. The molecule has 1 heterocycles. The number of nitrogens with one attached hydrogen (secondary N) is 1. The molecule has 118 valence electrons. The highest BCUT2D eigenvalue weighted by atomic mass is 127. The van der Waals surface area contributed by atoms with Crippen molar-refractivity contribution < 1.29 is 14.0 Å². The van der Waals surface area contributed by atoms with Crippen LogP contribution in [0.2, 0.25) is 0 Å². The summed E-state index contributed by atoms with van der Waals surface area (Å²) in [7, 11) is 0. The highest BCUT2D eigenvalue weighted by Crippen LogP contribution is 2.25. The lowest BCUT2D eigenvalue weighted by molar-refractivity contribution is -0.117. The summed E-state index contributed by atoms with van der Waals surface area (Å²) in [6.07, 6.45) is 1.41. The molecule has 1 aliphatic heterocycles. The van der Waals surface area contributed by atoms with Crippen molar-refractivity contribution in [2.75, 3.05) is 16.8 Å². The van der Waals surface area contributed by atoms with Crippen LogP contribution >= 0.6 is 22.6 Å². The Morgan fingerprint density at radius 3 is 2.74 bits per heavy atom. The maximum atomic E-state index is 13.1. The lowest BCUT2D eigenvalue weighted by Crippen LogP contribution is -2.23. The fourth-order valence-corrected chi connectivity index (χ4v) is 3.27. The van der Waals surface area contributed by atoms with E-state index in [1.807, 2.05) is 28.7 Å². The Kier molecular flexibility index (Phi) is 4.61. The van der Waals surface area contributed by atoms with E-state index in [4.69, 9.17) is 0 Å². The van der Waals surface area contributed by atoms with Crippen molar-refractivity contribution in [1.29, 1.82) is 0 Å². The van der Waals surface area contributed by atoms with E-state index in [2.05, 4.69) is 5.32 Å². The van der Waals surface area contributed by atoms with Gasteiger partial charge in [0.15, 0.2) is 0 Å². The summed E-state index contributed by atoms with van der Waals surface area (Å²) in [5.41, 5.74) is 1.79. The fourth-order valence-electron chi connectivity index (χ4n) is 2.54. The van der Waals surface area contributed by atoms with Gasteiger partial charge < -0.3 is 10.2 Å². The zero-order chi connectivity index (χ0) is 16.4. The molecule has 0 saturated carbocycles. The van der Waals surface area contributed by atoms with Gasteiger partial charge in [-0.1, -0.05) is 6.07 Å². The van der Waals surface area contributed by atoms with Gasteiger partial charge in [0, 0.05) is 27.9 Å². The molecule has 1 aliphatic rings. The summed E-state index contributed by atoms with van der Waals surface area (Å²) in [5.74, 6) is -0.582. The Bertz CT molecular complexity index is 779. The van der Waals surface area contributed by atoms with Gasteiger partial charge in [0.05, 0.1) is 5.56 Å². The second-order valence-electron chi connectivity index (χ2n) is 5.28. The smallest absolute Gasteiger partial charge is 0.256 e. The van der Waals surface area contributed by atoms with Crippen LogP contribution in [-0.2, 0) is 4.79 Å². The van der Waals surface area contributed by atoms with Gasteiger partial charge in [-0.05, 0) is 65.4 Å². The Morgan fingerprint density at radius 1 is 1.22 bits per heavy atom. The summed E-state index contributed by atoms with van der Waals surface area (Å²) < 4.78 is 13.7. The number of hydrogen-bond acceptors (Lipinski definition) is 2. The quantitative estimate of drug-likeness (QED) is 0.763. The van der Waals surface area contributed by atoms with Crippen molar-refractivity contribution in [3.8, 4) is 0 Å². The van der Waals surface area contributed by atoms with Crippen molar-refractivity contribution in [2.24, 2.45) is 0 Å². The molecule has 0 unspecified atom stereocenters. The Morgan fingerprint density at radius 2 is 2.04 bits per heavy atom. The first-order valence-corrected chi connectivity index (χ1v) is 8.29. The second-order valence-corrected chi connectivity index (χ2v) is 6.44. The first-order valence-electron chi connectivity index (χ1n) is 7.21. The van der Waals surface area contributed by atoms with E-state index in [-0.39, 0.29) is 17.6 Å². The van der Waals surface area contributed by atoms with Crippen molar-refractivity contribution in [3.05, 3.63) is 57.4 Å². The number of hydrogen-bond donors (Lipinski definition) is 1. The zero-order valence-electron chi connectivity index (χ0n) is 12.2. The number of carbonyl (C=O) groups excluding carboxylic acids is 2. The van der Waals surface area contributed by atoms with Gasteiger partial charge in [-0.15, -0.1) is 0 Å². The molecule has 1 N–H and O–H groups in total.